The van der Waals surface area contributed by atoms with E-state index in [0.29, 0.717) is 5.15 Å². The summed E-state index contributed by atoms with van der Waals surface area (Å²) in [6.07, 6.45) is 1.87. The average Bonchev–Trinajstić information content (AvgIpc) is 2.23. The Kier molecular flexibility index (Phi) is 2.43. The van der Waals surface area contributed by atoms with Gasteiger partial charge in [-0.15, -0.1) is 0 Å². The normalized spacial score (nSPS) is 11.0. The molecule has 2 aromatic rings. The van der Waals surface area contributed by atoms with Crippen LogP contribution in [-0.4, -0.2) is 4.98 Å². The van der Waals surface area contributed by atoms with E-state index in [0.717, 1.165) is 0 Å². The van der Waals surface area contributed by atoms with Gasteiger partial charge in [0.1, 0.15) is 5.15 Å². The van der Waals surface area contributed by atoms with Gasteiger partial charge in [0, 0.05) is 11.6 Å². The zero-order valence-corrected chi connectivity index (χ0v) is 10.2. The molecule has 2 rings (SSSR count). The van der Waals surface area contributed by atoms with Gasteiger partial charge in [0.2, 0.25) is 0 Å². The third kappa shape index (κ3) is 1.51. The standard InChI is InChI=1S/C13H14ClN/c1-7-8(2)10(4)12-6-15-13(14)5-11(12)9(7)3/h5-6H,1-4H3. The summed E-state index contributed by atoms with van der Waals surface area (Å²) < 4.78 is 0. The number of rotatable bonds is 0. The monoisotopic (exact) mass is 219 g/mol. The maximum Gasteiger partial charge on any atom is 0.129 e. The molecule has 2 heteroatoms. The van der Waals surface area contributed by atoms with Crippen molar-refractivity contribution in [1.82, 2.24) is 4.98 Å². The van der Waals surface area contributed by atoms with E-state index in [-0.39, 0.29) is 0 Å². The Morgan fingerprint density at radius 1 is 0.867 bits per heavy atom. The second kappa shape index (κ2) is 3.49. The molecule has 78 valence electrons. The SMILES string of the molecule is Cc1c(C)c(C)c2cc(Cl)ncc2c1C. The van der Waals surface area contributed by atoms with Gasteiger partial charge < -0.3 is 0 Å². The van der Waals surface area contributed by atoms with Crippen molar-refractivity contribution in [2.45, 2.75) is 27.7 Å². The Bertz CT molecular complexity index is 544. The molecule has 0 fully saturated rings. The first-order valence-electron chi connectivity index (χ1n) is 5.04. The molecule has 1 heterocycles. The molecule has 0 bridgehead atoms. The number of fused-ring (bicyclic) bond motifs is 1. The van der Waals surface area contributed by atoms with E-state index >= 15 is 0 Å². The van der Waals surface area contributed by atoms with Crippen molar-refractivity contribution in [3.05, 3.63) is 39.7 Å². The van der Waals surface area contributed by atoms with Crippen LogP contribution in [0.3, 0.4) is 0 Å². The molecule has 0 spiro atoms. The molecule has 0 unspecified atom stereocenters. The van der Waals surface area contributed by atoms with Gasteiger partial charge in [-0.25, -0.2) is 4.98 Å². The van der Waals surface area contributed by atoms with Crippen LogP contribution in [0, 0.1) is 27.7 Å². The molecule has 0 saturated carbocycles. The number of benzene rings is 1. The number of nitrogens with zero attached hydrogens (tertiary/aromatic N) is 1. The van der Waals surface area contributed by atoms with E-state index in [1.807, 2.05) is 12.3 Å². The molecule has 0 aliphatic rings. The fourth-order valence-electron chi connectivity index (χ4n) is 2.01. The minimum absolute atomic E-state index is 0.563. The van der Waals surface area contributed by atoms with E-state index < -0.39 is 0 Å². The highest BCUT2D eigenvalue weighted by Gasteiger charge is 2.09. The van der Waals surface area contributed by atoms with Crippen molar-refractivity contribution in [3.63, 3.8) is 0 Å². The fourth-order valence-corrected chi connectivity index (χ4v) is 2.16. The molecule has 0 aliphatic carbocycles. The zero-order chi connectivity index (χ0) is 11.2. The third-order valence-electron chi connectivity index (χ3n) is 3.37. The quantitative estimate of drug-likeness (QED) is 0.608. The summed E-state index contributed by atoms with van der Waals surface area (Å²) in [4.78, 5) is 4.15. The maximum absolute atomic E-state index is 5.92. The summed E-state index contributed by atoms with van der Waals surface area (Å²) in [5.41, 5.74) is 5.31. The second-order valence-corrected chi connectivity index (χ2v) is 4.44. The van der Waals surface area contributed by atoms with Crippen LogP contribution >= 0.6 is 11.6 Å². The van der Waals surface area contributed by atoms with Crippen molar-refractivity contribution < 1.29 is 0 Å². The Hall–Kier alpha value is -1.08. The minimum Gasteiger partial charge on any atom is -0.244 e. The Morgan fingerprint density at radius 3 is 2.00 bits per heavy atom. The lowest BCUT2D eigenvalue weighted by molar-refractivity contribution is 1.24. The summed E-state index contributed by atoms with van der Waals surface area (Å²) >= 11 is 5.92. The first-order valence-corrected chi connectivity index (χ1v) is 5.41. The van der Waals surface area contributed by atoms with E-state index in [1.165, 1.54) is 33.0 Å². The smallest absolute Gasteiger partial charge is 0.129 e. The van der Waals surface area contributed by atoms with Crippen molar-refractivity contribution in [2.75, 3.05) is 0 Å². The van der Waals surface area contributed by atoms with Crippen molar-refractivity contribution in [1.29, 1.82) is 0 Å². The van der Waals surface area contributed by atoms with Crippen LogP contribution in [-0.2, 0) is 0 Å². The van der Waals surface area contributed by atoms with Gasteiger partial charge in [-0.3, -0.25) is 0 Å². The van der Waals surface area contributed by atoms with Gasteiger partial charge in [0.05, 0.1) is 0 Å². The number of hydrogen-bond acceptors (Lipinski definition) is 1. The highest BCUT2D eigenvalue weighted by atomic mass is 35.5. The topological polar surface area (TPSA) is 12.9 Å². The largest absolute Gasteiger partial charge is 0.244 e. The highest BCUT2D eigenvalue weighted by Crippen LogP contribution is 2.29. The number of aryl methyl sites for hydroxylation is 2. The number of halogens is 1. The second-order valence-electron chi connectivity index (χ2n) is 4.05. The number of hydrogen-bond donors (Lipinski definition) is 0. The number of aromatic nitrogens is 1. The zero-order valence-electron chi connectivity index (χ0n) is 9.48. The van der Waals surface area contributed by atoms with Gasteiger partial charge in [-0.2, -0.15) is 0 Å². The predicted molar refractivity (Wildman–Crippen MR) is 65.7 cm³/mol. The third-order valence-corrected chi connectivity index (χ3v) is 3.57. The summed E-state index contributed by atoms with van der Waals surface area (Å²) in [7, 11) is 0. The van der Waals surface area contributed by atoms with Gasteiger partial charge in [0.25, 0.3) is 0 Å². The molecular formula is C13H14ClN. The Labute approximate surface area is 95.1 Å². The van der Waals surface area contributed by atoms with Crippen molar-refractivity contribution >= 4 is 22.4 Å². The summed E-state index contributed by atoms with van der Waals surface area (Å²) in [6.45, 7) is 8.59. The summed E-state index contributed by atoms with van der Waals surface area (Å²) in [6, 6.07) is 1.95. The molecule has 0 radical (unpaired) electrons. The summed E-state index contributed by atoms with van der Waals surface area (Å²) in [5, 5.41) is 2.99. The molecule has 1 aromatic carbocycles. The van der Waals surface area contributed by atoms with Crippen LogP contribution < -0.4 is 0 Å². The molecule has 15 heavy (non-hydrogen) atoms. The molecule has 0 aliphatic heterocycles. The van der Waals surface area contributed by atoms with E-state index in [1.54, 1.807) is 0 Å². The summed E-state index contributed by atoms with van der Waals surface area (Å²) in [5.74, 6) is 0. The van der Waals surface area contributed by atoms with E-state index in [2.05, 4.69) is 32.7 Å². The Morgan fingerprint density at radius 2 is 1.40 bits per heavy atom. The fraction of sp³-hybridized carbons (Fsp3) is 0.308. The van der Waals surface area contributed by atoms with Crippen LogP contribution in [0.2, 0.25) is 5.15 Å². The van der Waals surface area contributed by atoms with Crippen LogP contribution in [0.1, 0.15) is 22.3 Å². The minimum atomic E-state index is 0.563. The lowest BCUT2D eigenvalue weighted by atomic mass is 9.93. The van der Waals surface area contributed by atoms with E-state index in [9.17, 15) is 0 Å². The molecule has 0 N–H and O–H groups in total. The van der Waals surface area contributed by atoms with Crippen LogP contribution in [0.25, 0.3) is 10.8 Å². The van der Waals surface area contributed by atoms with Gasteiger partial charge >= 0.3 is 0 Å². The molecule has 1 nitrogen and oxygen atoms in total. The first kappa shape index (κ1) is 10.4. The maximum atomic E-state index is 5.92. The van der Waals surface area contributed by atoms with Crippen molar-refractivity contribution in [3.8, 4) is 0 Å². The lowest BCUT2D eigenvalue weighted by Crippen LogP contribution is -1.94. The highest BCUT2D eigenvalue weighted by molar-refractivity contribution is 6.30. The Balaban J connectivity index is 3.00. The van der Waals surface area contributed by atoms with E-state index in [4.69, 9.17) is 11.6 Å². The average molecular weight is 220 g/mol. The molecular weight excluding hydrogens is 206 g/mol. The first-order chi connectivity index (χ1) is 7.02. The van der Waals surface area contributed by atoms with Gasteiger partial charge in [0.15, 0.2) is 0 Å². The van der Waals surface area contributed by atoms with Crippen LogP contribution in [0.15, 0.2) is 12.3 Å². The predicted octanol–water partition coefficient (Wildman–Crippen LogP) is 4.12. The molecule has 0 atom stereocenters. The molecule has 1 aromatic heterocycles. The van der Waals surface area contributed by atoms with Crippen LogP contribution in [0.5, 0.6) is 0 Å². The van der Waals surface area contributed by atoms with Gasteiger partial charge in [-0.1, -0.05) is 11.6 Å². The number of pyridine rings is 1. The van der Waals surface area contributed by atoms with Gasteiger partial charge in [-0.05, 0) is 61.4 Å². The molecule has 0 saturated heterocycles. The van der Waals surface area contributed by atoms with Crippen LogP contribution in [0.4, 0.5) is 0 Å². The molecule has 0 amide bonds. The van der Waals surface area contributed by atoms with Crippen molar-refractivity contribution in [2.24, 2.45) is 0 Å². The lowest BCUT2D eigenvalue weighted by Gasteiger charge is -2.13.